The number of piperidine rings is 1. The van der Waals surface area contributed by atoms with Gasteiger partial charge >= 0.3 is 6.09 Å². The summed E-state index contributed by atoms with van der Waals surface area (Å²) in [4.78, 5) is 13.1. The molecule has 1 fully saturated rings. The van der Waals surface area contributed by atoms with E-state index in [0.29, 0.717) is 13.0 Å². The lowest BCUT2D eigenvalue weighted by Crippen LogP contribution is -2.57. The van der Waals surface area contributed by atoms with Crippen molar-refractivity contribution in [2.75, 3.05) is 13.1 Å². The van der Waals surface area contributed by atoms with Crippen LogP contribution < -0.4 is 0 Å². The first-order chi connectivity index (χ1) is 7.12. The summed E-state index contributed by atoms with van der Waals surface area (Å²) in [6, 6.07) is 0. The lowest BCUT2D eigenvalue weighted by atomic mass is 9.92. The second-order valence-electron chi connectivity index (χ2n) is 5.56. The number of carbonyl (C=O) groups is 1. The Morgan fingerprint density at radius 1 is 1.50 bits per heavy atom. The Morgan fingerprint density at radius 3 is 2.50 bits per heavy atom. The highest BCUT2D eigenvalue weighted by Gasteiger charge is 2.39. The molecule has 0 aromatic rings. The summed E-state index contributed by atoms with van der Waals surface area (Å²) < 4.78 is 5.20. The van der Waals surface area contributed by atoms with Gasteiger partial charge in [-0.25, -0.2) is 4.79 Å². The van der Waals surface area contributed by atoms with Crippen LogP contribution in [0.2, 0.25) is 0 Å². The van der Waals surface area contributed by atoms with Crippen LogP contribution in [-0.4, -0.2) is 51.6 Å². The number of likely N-dealkylation sites (tertiary alicyclic amines) is 1. The average molecular weight is 231 g/mol. The fraction of sp³-hybridized carbons (Fsp3) is 0.909. The Labute approximate surface area is 96.0 Å². The molecule has 2 atom stereocenters. The molecule has 0 radical (unpaired) electrons. The molecule has 1 heterocycles. The average Bonchev–Trinajstić information content (AvgIpc) is 2.06. The molecule has 0 spiro atoms. The summed E-state index contributed by atoms with van der Waals surface area (Å²) in [5.74, 6) is 0. The number of aliphatic hydroxyl groups excluding tert-OH is 1. The summed E-state index contributed by atoms with van der Waals surface area (Å²) in [5, 5.41) is 19.4. The van der Waals surface area contributed by atoms with E-state index >= 15 is 0 Å². The van der Waals surface area contributed by atoms with Crippen molar-refractivity contribution in [1.82, 2.24) is 4.90 Å². The first-order valence-corrected chi connectivity index (χ1v) is 5.50. The number of rotatable bonds is 0. The second kappa shape index (κ2) is 4.22. The third-order valence-electron chi connectivity index (χ3n) is 2.55. The molecule has 1 rings (SSSR count). The third kappa shape index (κ3) is 3.35. The van der Waals surface area contributed by atoms with Gasteiger partial charge in [0.25, 0.3) is 0 Å². The van der Waals surface area contributed by atoms with Gasteiger partial charge < -0.3 is 19.8 Å². The zero-order valence-corrected chi connectivity index (χ0v) is 10.4. The Bertz CT molecular complexity index is 270. The van der Waals surface area contributed by atoms with E-state index in [-0.39, 0.29) is 6.54 Å². The van der Waals surface area contributed by atoms with Crippen molar-refractivity contribution < 1.29 is 19.7 Å². The van der Waals surface area contributed by atoms with Crippen LogP contribution in [0, 0.1) is 0 Å². The number of hydrogen-bond acceptors (Lipinski definition) is 4. The largest absolute Gasteiger partial charge is 0.444 e. The van der Waals surface area contributed by atoms with Gasteiger partial charge in [0.05, 0.1) is 12.6 Å². The van der Waals surface area contributed by atoms with E-state index in [0.717, 1.165) is 0 Å². The van der Waals surface area contributed by atoms with Crippen LogP contribution in [0.15, 0.2) is 0 Å². The standard InChI is InChI=1S/C11H21NO4/c1-10(2,3)16-9(14)12-6-5-8(13)11(4,15)7-12/h8,13,15H,5-7H2,1-4H3. The highest BCUT2D eigenvalue weighted by atomic mass is 16.6. The Balaban J connectivity index is 2.60. The highest BCUT2D eigenvalue weighted by molar-refractivity contribution is 5.68. The molecule has 0 aromatic carbocycles. The first-order valence-electron chi connectivity index (χ1n) is 5.50. The summed E-state index contributed by atoms with van der Waals surface area (Å²) in [6.45, 7) is 7.41. The highest BCUT2D eigenvalue weighted by Crippen LogP contribution is 2.22. The molecule has 0 bridgehead atoms. The van der Waals surface area contributed by atoms with Crippen LogP contribution in [0.3, 0.4) is 0 Å². The molecule has 0 aliphatic carbocycles. The van der Waals surface area contributed by atoms with Crippen molar-refractivity contribution in [3.8, 4) is 0 Å². The first kappa shape index (κ1) is 13.3. The molecule has 1 amide bonds. The monoisotopic (exact) mass is 231 g/mol. The topological polar surface area (TPSA) is 70.0 Å². The number of carbonyl (C=O) groups excluding carboxylic acids is 1. The minimum atomic E-state index is -1.25. The zero-order chi connectivity index (χ0) is 12.6. The summed E-state index contributed by atoms with van der Waals surface area (Å²) in [7, 11) is 0. The predicted octanol–water partition coefficient (Wildman–Crippen LogP) is 0.739. The minimum absolute atomic E-state index is 0.100. The Hall–Kier alpha value is -0.810. The van der Waals surface area contributed by atoms with Crippen molar-refractivity contribution in [2.24, 2.45) is 0 Å². The number of hydrogen-bond donors (Lipinski definition) is 2. The Kier molecular flexibility index (Phi) is 3.50. The number of ether oxygens (including phenoxy) is 1. The summed E-state index contributed by atoms with van der Waals surface area (Å²) in [6.07, 6.45) is -0.863. The third-order valence-corrected chi connectivity index (χ3v) is 2.55. The van der Waals surface area contributed by atoms with Gasteiger partial charge in [0.2, 0.25) is 0 Å². The molecule has 5 heteroatoms. The second-order valence-corrected chi connectivity index (χ2v) is 5.56. The van der Waals surface area contributed by atoms with E-state index in [1.54, 1.807) is 20.8 Å². The molecule has 0 saturated carbocycles. The van der Waals surface area contributed by atoms with Crippen LogP contribution in [0.4, 0.5) is 4.79 Å². The van der Waals surface area contributed by atoms with Gasteiger partial charge in [0, 0.05) is 6.54 Å². The van der Waals surface area contributed by atoms with E-state index in [9.17, 15) is 15.0 Å². The van der Waals surface area contributed by atoms with Gasteiger partial charge in [0.1, 0.15) is 11.2 Å². The molecule has 1 aliphatic heterocycles. The molecule has 94 valence electrons. The molecular formula is C11H21NO4. The van der Waals surface area contributed by atoms with Crippen molar-refractivity contribution in [2.45, 2.75) is 51.4 Å². The van der Waals surface area contributed by atoms with Crippen LogP contribution in [0.5, 0.6) is 0 Å². The summed E-state index contributed by atoms with van der Waals surface area (Å²) >= 11 is 0. The van der Waals surface area contributed by atoms with Gasteiger partial charge in [-0.15, -0.1) is 0 Å². The van der Waals surface area contributed by atoms with Crippen LogP contribution in [-0.2, 0) is 4.74 Å². The molecular weight excluding hydrogens is 210 g/mol. The SMILES string of the molecule is CC(C)(C)OC(=O)N1CCC(O)C(C)(O)C1. The van der Waals surface area contributed by atoms with Crippen molar-refractivity contribution in [3.63, 3.8) is 0 Å². The predicted molar refractivity (Wildman–Crippen MR) is 59.1 cm³/mol. The van der Waals surface area contributed by atoms with Gasteiger partial charge in [0.15, 0.2) is 0 Å². The van der Waals surface area contributed by atoms with Gasteiger partial charge in [-0.3, -0.25) is 0 Å². The van der Waals surface area contributed by atoms with E-state index < -0.39 is 23.4 Å². The fourth-order valence-electron chi connectivity index (χ4n) is 1.64. The molecule has 2 N–H and O–H groups in total. The molecule has 0 aromatic heterocycles. The van der Waals surface area contributed by atoms with E-state index in [2.05, 4.69) is 0 Å². The van der Waals surface area contributed by atoms with Crippen molar-refractivity contribution in [3.05, 3.63) is 0 Å². The number of aliphatic hydroxyl groups is 2. The van der Waals surface area contributed by atoms with Gasteiger partial charge in [-0.1, -0.05) is 0 Å². The molecule has 16 heavy (non-hydrogen) atoms. The normalized spacial score (nSPS) is 31.4. The van der Waals surface area contributed by atoms with Gasteiger partial charge in [-0.05, 0) is 34.1 Å². The summed E-state index contributed by atoms with van der Waals surface area (Å²) in [5.41, 5.74) is -1.80. The lowest BCUT2D eigenvalue weighted by Gasteiger charge is -2.40. The maximum atomic E-state index is 11.7. The fourth-order valence-corrected chi connectivity index (χ4v) is 1.64. The number of nitrogens with zero attached hydrogens (tertiary/aromatic N) is 1. The number of amides is 1. The Morgan fingerprint density at radius 2 is 2.06 bits per heavy atom. The van der Waals surface area contributed by atoms with Gasteiger partial charge in [-0.2, -0.15) is 0 Å². The van der Waals surface area contributed by atoms with E-state index in [1.807, 2.05) is 0 Å². The van der Waals surface area contributed by atoms with E-state index in [1.165, 1.54) is 11.8 Å². The molecule has 2 unspecified atom stereocenters. The minimum Gasteiger partial charge on any atom is -0.444 e. The molecule has 1 saturated heterocycles. The maximum Gasteiger partial charge on any atom is 0.410 e. The lowest BCUT2D eigenvalue weighted by molar-refractivity contribution is -0.108. The number of β-amino-alcohol motifs (C(OH)–C–C–N with tert-alkyl or cyclic N) is 1. The van der Waals surface area contributed by atoms with Crippen LogP contribution in [0.1, 0.15) is 34.1 Å². The maximum absolute atomic E-state index is 11.7. The zero-order valence-electron chi connectivity index (χ0n) is 10.4. The van der Waals surface area contributed by atoms with Crippen LogP contribution in [0.25, 0.3) is 0 Å². The molecule has 1 aliphatic rings. The molecule has 5 nitrogen and oxygen atoms in total. The van der Waals surface area contributed by atoms with E-state index in [4.69, 9.17) is 4.74 Å². The smallest absolute Gasteiger partial charge is 0.410 e. The van der Waals surface area contributed by atoms with Crippen molar-refractivity contribution in [1.29, 1.82) is 0 Å². The van der Waals surface area contributed by atoms with Crippen molar-refractivity contribution >= 4 is 6.09 Å². The quantitative estimate of drug-likeness (QED) is 0.645. The van der Waals surface area contributed by atoms with Crippen LogP contribution >= 0.6 is 0 Å².